The largest absolute Gasteiger partial charge is 0.444 e. The molecule has 0 aromatic heterocycles. The molecule has 6 heteroatoms. The number of hydrogen-bond acceptors (Lipinski definition) is 4. The van der Waals surface area contributed by atoms with Crippen LogP contribution < -0.4 is 5.32 Å². The van der Waals surface area contributed by atoms with E-state index >= 15 is 0 Å². The van der Waals surface area contributed by atoms with Crippen molar-refractivity contribution in [1.29, 1.82) is 5.26 Å². The Bertz CT molecular complexity index is 943. The summed E-state index contributed by atoms with van der Waals surface area (Å²) in [6.07, 6.45) is 1.13. The van der Waals surface area contributed by atoms with Gasteiger partial charge in [0.05, 0.1) is 6.07 Å². The van der Waals surface area contributed by atoms with Crippen LogP contribution in [0.25, 0.3) is 11.1 Å². The average molecular weight is 420 g/mol. The molecular formula is C25H29N3O3. The van der Waals surface area contributed by atoms with Crippen molar-refractivity contribution in [3.8, 4) is 17.2 Å². The van der Waals surface area contributed by atoms with E-state index in [1.165, 1.54) is 0 Å². The maximum Gasteiger partial charge on any atom is 0.408 e. The van der Waals surface area contributed by atoms with Crippen LogP contribution in [0.1, 0.15) is 39.2 Å². The molecular weight excluding hydrogens is 390 g/mol. The zero-order valence-electron chi connectivity index (χ0n) is 18.3. The Labute approximate surface area is 183 Å². The lowest BCUT2D eigenvalue weighted by Gasteiger charge is -2.28. The second kappa shape index (κ2) is 9.65. The van der Waals surface area contributed by atoms with Crippen molar-refractivity contribution in [3.63, 3.8) is 0 Å². The molecule has 1 unspecified atom stereocenters. The molecule has 1 aliphatic rings. The van der Waals surface area contributed by atoms with E-state index in [1.807, 2.05) is 54.6 Å². The van der Waals surface area contributed by atoms with Crippen LogP contribution in [-0.4, -0.2) is 41.1 Å². The van der Waals surface area contributed by atoms with Crippen LogP contribution in [0, 0.1) is 11.3 Å². The maximum absolute atomic E-state index is 13.2. The Morgan fingerprint density at radius 3 is 2.39 bits per heavy atom. The number of amides is 2. The highest BCUT2D eigenvalue weighted by Gasteiger charge is 2.34. The second-order valence-corrected chi connectivity index (χ2v) is 8.78. The zero-order valence-corrected chi connectivity index (χ0v) is 18.3. The van der Waals surface area contributed by atoms with Crippen LogP contribution in [0.15, 0.2) is 54.6 Å². The Morgan fingerprint density at radius 1 is 1.13 bits per heavy atom. The Balaban J connectivity index is 1.78. The third kappa shape index (κ3) is 6.08. The fourth-order valence-corrected chi connectivity index (χ4v) is 3.71. The van der Waals surface area contributed by atoms with Gasteiger partial charge in [0.2, 0.25) is 5.91 Å². The molecule has 0 radical (unpaired) electrons. The van der Waals surface area contributed by atoms with Crippen LogP contribution in [0.3, 0.4) is 0 Å². The van der Waals surface area contributed by atoms with E-state index in [1.54, 1.807) is 25.7 Å². The van der Waals surface area contributed by atoms with Gasteiger partial charge in [0.1, 0.15) is 17.7 Å². The van der Waals surface area contributed by atoms with E-state index in [4.69, 9.17) is 4.74 Å². The number of benzene rings is 2. The standard InChI is InChI=1S/C25H29N3O3/c1-25(2,3)31-24(30)27-22(23(29)28-15-7-10-21(28)17-26)16-18-11-13-20(14-12-18)19-8-5-4-6-9-19/h4-6,8-9,11-14,21-22H,7,10,15-16H2,1-3H3,(H,27,30)/t21-,22?/m0/s1. The van der Waals surface area contributed by atoms with E-state index in [9.17, 15) is 14.9 Å². The predicted octanol–water partition coefficient (Wildman–Crippen LogP) is 4.30. The molecule has 1 N–H and O–H groups in total. The van der Waals surface area contributed by atoms with Crippen LogP contribution in [0.4, 0.5) is 4.79 Å². The molecule has 3 rings (SSSR count). The zero-order chi connectivity index (χ0) is 22.4. The molecule has 162 valence electrons. The number of ether oxygens (including phenoxy) is 1. The van der Waals surface area contributed by atoms with Gasteiger partial charge in [-0.2, -0.15) is 5.26 Å². The molecule has 0 spiro atoms. The minimum absolute atomic E-state index is 0.248. The predicted molar refractivity (Wildman–Crippen MR) is 119 cm³/mol. The van der Waals surface area contributed by atoms with Gasteiger partial charge in [-0.05, 0) is 50.3 Å². The van der Waals surface area contributed by atoms with Crippen LogP contribution >= 0.6 is 0 Å². The van der Waals surface area contributed by atoms with Crippen molar-refractivity contribution in [2.75, 3.05) is 6.54 Å². The summed E-state index contributed by atoms with van der Waals surface area (Å²) in [5.41, 5.74) is 2.44. The molecule has 0 aliphatic carbocycles. The van der Waals surface area contributed by atoms with Gasteiger partial charge in [-0.15, -0.1) is 0 Å². The molecule has 0 bridgehead atoms. The van der Waals surface area contributed by atoms with E-state index in [0.717, 1.165) is 23.1 Å². The van der Waals surface area contributed by atoms with E-state index in [-0.39, 0.29) is 5.91 Å². The lowest BCUT2D eigenvalue weighted by atomic mass is 10.00. The number of hydrogen-bond donors (Lipinski definition) is 1. The van der Waals surface area contributed by atoms with Crippen LogP contribution in [0.2, 0.25) is 0 Å². The number of nitrogens with zero attached hydrogens (tertiary/aromatic N) is 2. The molecule has 1 aliphatic heterocycles. The van der Waals surface area contributed by atoms with Gasteiger partial charge in [0.15, 0.2) is 0 Å². The number of likely N-dealkylation sites (tertiary alicyclic amines) is 1. The monoisotopic (exact) mass is 419 g/mol. The summed E-state index contributed by atoms with van der Waals surface area (Å²) >= 11 is 0. The fraction of sp³-hybridized carbons (Fsp3) is 0.400. The summed E-state index contributed by atoms with van der Waals surface area (Å²) in [4.78, 5) is 27.2. The number of nitrogens with one attached hydrogen (secondary N) is 1. The number of alkyl carbamates (subject to hydrolysis) is 1. The van der Waals surface area contributed by atoms with Crippen molar-refractivity contribution < 1.29 is 14.3 Å². The van der Waals surface area contributed by atoms with Gasteiger partial charge in [0.25, 0.3) is 0 Å². The molecule has 1 fully saturated rings. The summed E-state index contributed by atoms with van der Waals surface area (Å²) < 4.78 is 5.36. The number of rotatable bonds is 5. The maximum atomic E-state index is 13.2. The summed E-state index contributed by atoms with van der Waals surface area (Å²) in [5, 5.41) is 12.1. The Kier molecular flexibility index (Phi) is 6.96. The third-order valence-electron chi connectivity index (χ3n) is 5.17. The first-order valence-electron chi connectivity index (χ1n) is 10.6. The number of nitriles is 1. The quantitative estimate of drug-likeness (QED) is 0.783. The first-order chi connectivity index (χ1) is 14.8. The van der Waals surface area contributed by atoms with Gasteiger partial charge in [-0.3, -0.25) is 4.79 Å². The lowest BCUT2D eigenvalue weighted by Crippen LogP contribution is -2.51. The lowest BCUT2D eigenvalue weighted by molar-refractivity contribution is -0.133. The normalized spacial score (nSPS) is 17.0. The molecule has 2 aromatic rings. The van der Waals surface area contributed by atoms with Crippen molar-refractivity contribution in [1.82, 2.24) is 10.2 Å². The molecule has 2 atom stereocenters. The highest BCUT2D eigenvalue weighted by atomic mass is 16.6. The fourth-order valence-electron chi connectivity index (χ4n) is 3.71. The summed E-state index contributed by atoms with van der Waals surface area (Å²) in [7, 11) is 0. The summed E-state index contributed by atoms with van der Waals surface area (Å²) in [6, 6.07) is 18.9. The third-order valence-corrected chi connectivity index (χ3v) is 5.17. The smallest absolute Gasteiger partial charge is 0.408 e. The highest BCUT2D eigenvalue weighted by Crippen LogP contribution is 2.22. The number of carbonyl (C=O) groups is 2. The van der Waals surface area contributed by atoms with Gasteiger partial charge < -0.3 is 15.0 Å². The highest BCUT2D eigenvalue weighted by molar-refractivity contribution is 5.86. The van der Waals surface area contributed by atoms with Gasteiger partial charge in [0, 0.05) is 13.0 Å². The van der Waals surface area contributed by atoms with Crippen molar-refractivity contribution in [2.24, 2.45) is 0 Å². The molecule has 0 saturated carbocycles. The average Bonchev–Trinajstić information content (AvgIpc) is 3.21. The SMILES string of the molecule is CC(C)(C)OC(=O)NC(Cc1ccc(-c2ccccc2)cc1)C(=O)N1CCC[C@H]1C#N. The molecule has 6 nitrogen and oxygen atoms in total. The second-order valence-electron chi connectivity index (χ2n) is 8.78. The van der Waals surface area contributed by atoms with Crippen molar-refractivity contribution in [3.05, 3.63) is 60.2 Å². The van der Waals surface area contributed by atoms with E-state index in [2.05, 4.69) is 11.4 Å². The van der Waals surface area contributed by atoms with Gasteiger partial charge >= 0.3 is 6.09 Å². The molecule has 1 saturated heterocycles. The van der Waals surface area contributed by atoms with Crippen molar-refractivity contribution >= 4 is 12.0 Å². The first kappa shape index (κ1) is 22.4. The number of carbonyl (C=O) groups excluding carboxylic acids is 2. The first-order valence-corrected chi connectivity index (χ1v) is 10.6. The van der Waals surface area contributed by atoms with Crippen molar-refractivity contribution in [2.45, 2.75) is 57.7 Å². The van der Waals surface area contributed by atoms with E-state index in [0.29, 0.717) is 19.4 Å². The van der Waals surface area contributed by atoms with Gasteiger partial charge in [-0.1, -0.05) is 54.6 Å². The molecule has 1 heterocycles. The van der Waals surface area contributed by atoms with Crippen LogP contribution in [0.5, 0.6) is 0 Å². The summed E-state index contributed by atoms with van der Waals surface area (Å²) in [5.74, 6) is -0.248. The minimum atomic E-state index is -0.800. The summed E-state index contributed by atoms with van der Waals surface area (Å²) in [6.45, 7) is 5.85. The molecule has 31 heavy (non-hydrogen) atoms. The van der Waals surface area contributed by atoms with Gasteiger partial charge in [-0.25, -0.2) is 4.79 Å². The Hall–Kier alpha value is -3.33. The topological polar surface area (TPSA) is 82.4 Å². The molecule has 2 aromatic carbocycles. The molecule has 2 amide bonds. The Morgan fingerprint density at radius 2 is 1.77 bits per heavy atom. The minimum Gasteiger partial charge on any atom is -0.444 e. The van der Waals surface area contributed by atoms with Crippen LogP contribution in [-0.2, 0) is 16.0 Å². The van der Waals surface area contributed by atoms with E-state index < -0.39 is 23.8 Å².